The van der Waals surface area contributed by atoms with Gasteiger partial charge in [-0.05, 0) is 17.7 Å². The van der Waals surface area contributed by atoms with Gasteiger partial charge in [0.05, 0.1) is 11.5 Å². The Morgan fingerprint density at radius 3 is 3.00 bits per heavy atom. The van der Waals surface area contributed by atoms with Crippen molar-refractivity contribution in [1.82, 2.24) is 15.2 Å². The zero-order valence-corrected chi connectivity index (χ0v) is 11.7. The molecule has 0 unspecified atom stereocenters. The molecule has 0 radical (unpaired) electrons. The number of hydrogen-bond donors (Lipinski definition) is 2. The number of benzene rings is 1. The minimum absolute atomic E-state index is 0.00623. The number of hydrogen-bond acceptors (Lipinski definition) is 6. The zero-order chi connectivity index (χ0) is 15.7. The third-order valence-electron chi connectivity index (χ3n) is 3.58. The number of aromatic hydroxyl groups is 1. The number of carbonyl (C=O) groups is 1. The highest BCUT2D eigenvalue weighted by molar-refractivity contribution is 5.88. The molecule has 1 aromatic carbocycles. The first-order chi connectivity index (χ1) is 10.5. The summed E-state index contributed by atoms with van der Waals surface area (Å²) >= 11 is 0. The lowest BCUT2D eigenvalue weighted by atomic mass is 10.1. The lowest BCUT2D eigenvalue weighted by Crippen LogP contribution is -2.47. The summed E-state index contributed by atoms with van der Waals surface area (Å²) < 4.78 is 0. The van der Waals surface area contributed by atoms with Crippen LogP contribution in [0.2, 0.25) is 0 Å². The second-order valence-corrected chi connectivity index (χ2v) is 5.17. The number of rotatable bonds is 3. The Kier molecular flexibility index (Phi) is 3.60. The average molecular weight is 302 g/mol. The van der Waals surface area contributed by atoms with E-state index < -0.39 is 10.7 Å². The van der Waals surface area contributed by atoms with Crippen LogP contribution in [0.3, 0.4) is 0 Å². The Hall–Kier alpha value is -2.74. The molecule has 8 nitrogen and oxygen atoms in total. The van der Waals surface area contributed by atoms with E-state index in [9.17, 15) is 20.0 Å². The van der Waals surface area contributed by atoms with Crippen LogP contribution in [0.5, 0.6) is 5.75 Å². The summed E-state index contributed by atoms with van der Waals surface area (Å²) in [6, 6.07) is 4.64. The minimum atomic E-state index is -0.642. The van der Waals surface area contributed by atoms with Gasteiger partial charge in [-0.3, -0.25) is 24.8 Å². The lowest BCUT2D eigenvalue weighted by molar-refractivity contribution is -0.385. The highest BCUT2D eigenvalue weighted by atomic mass is 16.6. The van der Waals surface area contributed by atoms with Crippen LogP contribution in [0.4, 0.5) is 5.69 Å². The third kappa shape index (κ3) is 2.68. The van der Waals surface area contributed by atoms with Gasteiger partial charge < -0.3 is 10.4 Å². The molecule has 0 spiro atoms. The summed E-state index contributed by atoms with van der Waals surface area (Å²) in [5.41, 5.74) is 0.727. The van der Waals surface area contributed by atoms with E-state index in [2.05, 4.69) is 10.3 Å². The van der Waals surface area contributed by atoms with Gasteiger partial charge in [0.25, 0.3) is 0 Å². The fourth-order valence-electron chi connectivity index (χ4n) is 2.54. The van der Waals surface area contributed by atoms with Crippen molar-refractivity contribution in [3.05, 3.63) is 40.1 Å². The largest absolute Gasteiger partial charge is 0.501 e. The van der Waals surface area contributed by atoms with Gasteiger partial charge in [-0.25, -0.2) is 0 Å². The van der Waals surface area contributed by atoms with Gasteiger partial charge in [-0.2, -0.15) is 0 Å². The molecule has 2 aromatic rings. The summed E-state index contributed by atoms with van der Waals surface area (Å²) in [6.45, 7) is 2.28. The van der Waals surface area contributed by atoms with Crippen molar-refractivity contribution >= 4 is 22.5 Å². The Morgan fingerprint density at radius 1 is 1.45 bits per heavy atom. The Morgan fingerprint density at radius 2 is 2.27 bits per heavy atom. The molecular formula is C14H14N4O4. The van der Waals surface area contributed by atoms with Crippen LogP contribution in [-0.4, -0.2) is 45.5 Å². The Bertz CT molecular complexity index is 762. The molecule has 22 heavy (non-hydrogen) atoms. The van der Waals surface area contributed by atoms with E-state index in [1.165, 1.54) is 6.07 Å². The minimum Gasteiger partial charge on any atom is -0.501 e. The number of nitrogens with one attached hydrogen (secondary N) is 1. The summed E-state index contributed by atoms with van der Waals surface area (Å²) in [6.07, 6.45) is 1.57. The molecular weight excluding hydrogens is 288 g/mol. The van der Waals surface area contributed by atoms with E-state index in [0.29, 0.717) is 25.0 Å². The highest BCUT2D eigenvalue weighted by Crippen LogP contribution is 2.32. The van der Waals surface area contributed by atoms with Crippen molar-refractivity contribution in [1.29, 1.82) is 0 Å². The number of piperazine rings is 1. The maximum Gasteiger partial charge on any atom is 0.313 e. The number of nitro groups is 1. The molecule has 1 aliphatic heterocycles. The molecule has 0 saturated carbocycles. The zero-order valence-electron chi connectivity index (χ0n) is 11.7. The molecule has 1 aromatic heterocycles. The summed E-state index contributed by atoms with van der Waals surface area (Å²) in [7, 11) is 0. The number of pyridine rings is 1. The molecule has 2 heterocycles. The SMILES string of the molecule is O=C1CN(Cc2cnc3c(O)c([N+](=O)[O-])ccc3c2)CCN1. The van der Waals surface area contributed by atoms with Crippen LogP contribution >= 0.6 is 0 Å². The fourth-order valence-corrected chi connectivity index (χ4v) is 2.54. The van der Waals surface area contributed by atoms with Crippen LogP contribution in [0.25, 0.3) is 10.9 Å². The van der Waals surface area contributed by atoms with E-state index in [1.54, 1.807) is 12.3 Å². The number of nitro benzene ring substituents is 1. The van der Waals surface area contributed by atoms with Gasteiger partial charge in [0, 0.05) is 37.3 Å². The van der Waals surface area contributed by atoms with Crippen LogP contribution < -0.4 is 5.32 Å². The summed E-state index contributed by atoms with van der Waals surface area (Å²) in [4.78, 5) is 27.6. The normalized spacial score (nSPS) is 15.7. The molecule has 2 N–H and O–H groups in total. The van der Waals surface area contributed by atoms with Crippen molar-refractivity contribution in [3.8, 4) is 5.75 Å². The number of amides is 1. The summed E-state index contributed by atoms with van der Waals surface area (Å²) in [5, 5.41) is 24.1. The van der Waals surface area contributed by atoms with E-state index in [1.807, 2.05) is 11.0 Å². The van der Waals surface area contributed by atoms with Gasteiger partial charge in [-0.15, -0.1) is 0 Å². The van der Waals surface area contributed by atoms with Crippen molar-refractivity contribution in [2.75, 3.05) is 19.6 Å². The molecule has 3 rings (SSSR count). The molecule has 8 heteroatoms. The van der Waals surface area contributed by atoms with Gasteiger partial charge in [0.1, 0.15) is 5.52 Å². The maximum atomic E-state index is 11.4. The third-order valence-corrected chi connectivity index (χ3v) is 3.58. The van der Waals surface area contributed by atoms with Crippen molar-refractivity contribution < 1.29 is 14.8 Å². The lowest BCUT2D eigenvalue weighted by Gasteiger charge is -2.26. The smallest absolute Gasteiger partial charge is 0.313 e. The molecule has 114 valence electrons. The van der Waals surface area contributed by atoms with Crippen molar-refractivity contribution in [2.24, 2.45) is 0 Å². The van der Waals surface area contributed by atoms with Crippen LogP contribution in [0.15, 0.2) is 24.4 Å². The highest BCUT2D eigenvalue weighted by Gasteiger charge is 2.19. The maximum absolute atomic E-state index is 11.4. The number of carbonyl (C=O) groups excluding carboxylic acids is 1. The first-order valence-electron chi connectivity index (χ1n) is 6.78. The molecule has 1 fully saturated rings. The van der Waals surface area contributed by atoms with Gasteiger partial charge in [0.15, 0.2) is 0 Å². The van der Waals surface area contributed by atoms with Crippen LogP contribution in [0.1, 0.15) is 5.56 Å². The Labute approximate surface area is 125 Å². The topological polar surface area (TPSA) is 109 Å². The molecule has 0 aliphatic carbocycles. The van der Waals surface area contributed by atoms with Crippen LogP contribution in [0, 0.1) is 10.1 Å². The van der Waals surface area contributed by atoms with E-state index >= 15 is 0 Å². The molecule has 0 atom stereocenters. The number of nitrogens with zero attached hydrogens (tertiary/aromatic N) is 3. The number of phenols is 1. The molecule has 1 aliphatic rings. The average Bonchev–Trinajstić information content (AvgIpc) is 2.47. The monoisotopic (exact) mass is 302 g/mol. The molecule has 1 amide bonds. The second-order valence-electron chi connectivity index (χ2n) is 5.17. The first-order valence-corrected chi connectivity index (χ1v) is 6.78. The van der Waals surface area contributed by atoms with E-state index in [-0.39, 0.29) is 17.1 Å². The van der Waals surface area contributed by atoms with Gasteiger partial charge >= 0.3 is 5.69 Å². The molecule has 1 saturated heterocycles. The predicted molar refractivity (Wildman–Crippen MR) is 78.3 cm³/mol. The quantitative estimate of drug-likeness (QED) is 0.640. The first kappa shape index (κ1) is 14.2. The summed E-state index contributed by atoms with van der Waals surface area (Å²) in [5.74, 6) is -0.431. The molecule has 0 bridgehead atoms. The Balaban J connectivity index is 1.88. The van der Waals surface area contributed by atoms with Gasteiger partial charge in [0.2, 0.25) is 11.7 Å². The van der Waals surface area contributed by atoms with Crippen LogP contribution in [-0.2, 0) is 11.3 Å². The number of fused-ring (bicyclic) bond motifs is 1. The van der Waals surface area contributed by atoms with E-state index in [4.69, 9.17) is 0 Å². The second kappa shape index (κ2) is 5.57. The standard InChI is InChI=1S/C14H14N4O4/c19-12-8-17(4-3-15-12)7-9-5-10-1-2-11(18(21)22)14(20)13(10)16-6-9/h1-2,5-6,20H,3-4,7-8H2,(H,15,19). The van der Waals surface area contributed by atoms with Crippen molar-refractivity contribution in [3.63, 3.8) is 0 Å². The fraction of sp³-hybridized carbons (Fsp3) is 0.286. The number of phenolic OH excluding ortho intramolecular Hbond substituents is 1. The number of aromatic nitrogens is 1. The van der Waals surface area contributed by atoms with E-state index in [0.717, 1.165) is 12.1 Å². The van der Waals surface area contributed by atoms with Crippen molar-refractivity contribution in [2.45, 2.75) is 6.54 Å². The van der Waals surface area contributed by atoms with Gasteiger partial charge in [-0.1, -0.05) is 0 Å². The predicted octanol–water partition coefficient (Wildman–Crippen LogP) is 0.780.